The minimum absolute atomic E-state index is 0.00595. The molecule has 342 valence electrons. The van der Waals surface area contributed by atoms with E-state index in [0.717, 1.165) is 88.7 Å². The second-order valence-corrected chi connectivity index (χ2v) is 23.8. The Bertz CT molecular complexity index is 2120. The van der Waals surface area contributed by atoms with Crippen LogP contribution < -0.4 is 5.32 Å². The van der Waals surface area contributed by atoms with Gasteiger partial charge in [0.2, 0.25) is 0 Å². The third-order valence-corrected chi connectivity index (χ3v) is 21.3. The molecular formula is C51H68N2O10. The van der Waals surface area contributed by atoms with Crippen molar-refractivity contribution in [2.24, 2.45) is 69.0 Å². The topological polar surface area (TPSA) is 160 Å². The normalized spacial score (nSPS) is 51.2. The second kappa shape index (κ2) is 13.4. The van der Waals surface area contributed by atoms with Gasteiger partial charge >= 0.3 is 11.9 Å². The van der Waals surface area contributed by atoms with E-state index in [2.05, 4.69) is 29.4 Å². The van der Waals surface area contributed by atoms with E-state index in [-0.39, 0.29) is 36.1 Å². The summed E-state index contributed by atoms with van der Waals surface area (Å²) in [4.78, 5) is 47.0. The highest BCUT2D eigenvalue weighted by Crippen LogP contribution is 2.83. The number of allylic oxidation sites excluding steroid dienone is 1. The molecule has 6 aliphatic carbocycles. The first-order chi connectivity index (χ1) is 30.3. The molecule has 12 nitrogen and oxygen atoms in total. The number of hydrogen-bond acceptors (Lipinski definition) is 12. The first-order valence-corrected chi connectivity index (χ1v) is 25.2. The first-order valence-electron chi connectivity index (χ1n) is 25.2. The van der Waals surface area contributed by atoms with Gasteiger partial charge in [-0.15, -0.1) is 0 Å². The Kier molecular flexibility index (Phi) is 8.64. The van der Waals surface area contributed by atoms with Crippen LogP contribution in [0.4, 0.5) is 0 Å². The van der Waals surface area contributed by atoms with Crippen LogP contribution in [-0.2, 0) is 39.8 Å². The Balaban J connectivity index is 0.906. The zero-order chi connectivity index (χ0) is 43.1. The number of cyclic esters (lactones) is 2. The van der Waals surface area contributed by atoms with Crippen molar-refractivity contribution >= 4 is 17.7 Å². The molecule has 1 aromatic heterocycles. The summed E-state index contributed by atoms with van der Waals surface area (Å²) < 4.78 is 33.8. The van der Waals surface area contributed by atoms with Crippen molar-refractivity contribution in [3.63, 3.8) is 0 Å². The number of ketones is 1. The summed E-state index contributed by atoms with van der Waals surface area (Å²) in [5.41, 5.74) is -5.03. The van der Waals surface area contributed by atoms with Crippen LogP contribution in [0.1, 0.15) is 135 Å². The number of aliphatic hydroxyl groups excluding tert-OH is 2. The molecule has 5 saturated heterocycles. The van der Waals surface area contributed by atoms with Crippen molar-refractivity contribution < 1.29 is 48.0 Å². The van der Waals surface area contributed by atoms with Gasteiger partial charge in [0, 0.05) is 40.8 Å². The minimum Gasteiger partial charge on any atom is -0.469 e. The van der Waals surface area contributed by atoms with Gasteiger partial charge in [0.05, 0.1) is 42.1 Å². The summed E-state index contributed by atoms with van der Waals surface area (Å²) in [5.74, 6) is 0.766. The predicted octanol–water partition coefficient (Wildman–Crippen LogP) is 6.17. The smallest absolute Gasteiger partial charge is 0.339 e. The maximum atomic E-state index is 15.7. The van der Waals surface area contributed by atoms with Crippen molar-refractivity contribution in [2.75, 3.05) is 19.8 Å². The fraction of sp³-hybridized carbons (Fsp3) is 0.824. The van der Waals surface area contributed by atoms with Crippen molar-refractivity contribution in [1.29, 1.82) is 0 Å². The van der Waals surface area contributed by atoms with Gasteiger partial charge in [0.15, 0.2) is 11.9 Å². The van der Waals surface area contributed by atoms with Crippen molar-refractivity contribution in [1.82, 2.24) is 10.2 Å². The molecule has 6 aliphatic heterocycles. The number of epoxide rings is 1. The summed E-state index contributed by atoms with van der Waals surface area (Å²) in [6, 6.07) is 2.51. The maximum Gasteiger partial charge on any atom is 0.339 e. The lowest BCUT2D eigenvalue weighted by atomic mass is 9.32. The fourth-order valence-electron chi connectivity index (χ4n) is 19.1. The van der Waals surface area contributed by atoms with E-state index in [4.69, 9.17) is 23.4 Å². The highest BCUT2D eigenvalue weighted by atomic mass is 16.7. The lowest BCUT2D eigenvalue weighted by molar-refractivity contribution is -0.284. The zero-order valence-corrected chi connectivity index (χ0v) is 37.4. The summed E-state index contributed by atoms with van der Waals surface area (Å²) in [5, 5.41) is 28.8. The van der Waals surface area contributed by atoms with Crippen LogP contribution in [0.25, 0.3) is 0 Å². The molecular weight excluding hydrogens is 801 g/mol. The van der Waals surface area contributed by atoms with Crippen molar-refractivity contribution in [2.45, 2.75) is 171 Å². The molecule has 0 unspecified atom stereocenters. The molecule has 7 heterocycles. The van der Waals surface area contributed by atoms with Crippen LogP contribution in [-0.4, -0.2) is 94.3 Å². The number of carbonyl (C=O) groups is 3. The van der Waals surface area contributed by atoms with E-state index < -0.39 is 75.3 Å². The van der Waals surface area contributed by atoms with Gasteiger partial charge in [-0.3, -0.25) is 14.9 Å². The second-order valence-electron chi connectivity index (χ2n) is 23.8. The van der Waals surface area contributed by atoms with Crippen LogP contribution in [0.5, 0.6) is 0 Å². The highest BCUT2D eigenvalue weighted by molar-refractivity contribution is 5.93. The molecule has 3 N–H and O–H groups in total. The fourth-order valence-corrected chi connectivity index (χ4v) is 19.1. The van der Waals surface area contributed by atoms with Gasteiger partial charge in [0.1, 0.15) is 30.2 Å². The zero-order valence-electron chi connectivity index (χ0n) is 37.4. The van der Waals surface area contributed by atoms with Crippen molar-refractivity contribution in [3.05, 3.63) is 35.9 Å². The largest absolute Gasteiger partial charge is 0.469 e. The number of furan rings is 1. The van der Waals surface area contributed by atoms with E-state index in [9.17, 15) is 19.8 Å². The van der Waals surface area contributed by atoms with Gasteiger partial charge in [-0.1, -0.05) is 45.1 Å². The first kappa shape index (κ1) is 40.5. The standard InChI is InChI=1S/C51H68N2O10/c1-46(2)39-38(55)40(56)50(29-9-5-4-6-10-29)37(49(39)25-60-45(58)48(44(49)63-46)16-7-8-17-48)13-18-47(3)41(61-43(57)42-51(47,50)62-42)30-15-20-59-36(30)23-33-31-21-28-14-19-53-26-52-24-34(53)32(28)22-27(31)11-12-35(33)54/h14-15,19-20,27-29,31-35,37,39-42,44,52,54,56H,4-13,16-18,21-26H2,1-3H3/t27-,28+,31-,32+,33+,34-,35-,37+,39+,40+,41-,42+,44-,47-,49+,50-,51+/m0/s1. The third-order valence-electron chi connectivity index (χ3n) is 21.3. The number of rotatable bonds is 4. The summed E-state index contributed by atoms with van der Waals surface area (Å²) in [6.07, 6.45) is 16.0. The minimum atomic E-state index is -1.40. The Morgan fingerprint density at radius 2 is 1.70 bits per heavy atom. The predicted molar refractivity (Wildman–Crippen MR) is 226 cm³/mol. The van der Waals surface area contributed by atoms with Gasteiger partial charge in [-0.2, -0.15) is 0 Å². The molecule has 17 atom stereocenters. The monoisotopic (exact) mass is 868 g/mol. The summed E-state index contributed by atoms with van der Waals surface area (Å²) in [7, 11) is 0. The Morgan fingerprint density at radius 3 is 2.51 bits per heavy atom. The third kappa shape index (κ3) is 4.84. The quantitative estimate of drug-likeness (QED) is 0.234. The maximum absolute atomic E-state index is 15.7. The molecule has 0 amide bonds. The average Bonchev–Trinajstić information content (AvgIpc) is 3.72. The number of fused-ring (bicyclic) bond motifs is 6. The van der Waals surface area contributed by atoms with Gasteiger partial charge < -0.3 is 38.5 Å². The molecule has 0 radical (unpaired) electrons. The van der Waals surface area contributed by atoms with Crippen LogP contribution in [0.3, 0.4) is 0 Å². The lowest BCUT2D eigenvalue weighted by Gasteiger charge is -2.70. The summed E-state index contributed by atoms with van der Waals surface area (Å²) >= 11 is 0. The van der Waals surface area contributed by atoms with Crippen molar-refractivity contribution in [3.8, 4) is 0 Å². The Hall–Kier alpha value is -2.77. The molecule has 63 heavy (non-hydrogen) atoms. The van der Waals surface area contributed by atoms with Crippen LogP contribution in [0, 0.1) is 69.0 Å². The summed E-state index contributed by atoms with van der Waals surface area (Å²) in [6.45, 7) is 8.16. The Morgan fingerprint density at radius 1 is 0.889 bits per heavy atom. The highest BCUT2D eigenvalue weighted by Gasteiger charge is 2.93. The van der Waals surface area contributed by atoms with E-state index >= 15 is 4.79 Å². The van der Waals surface area contributed by atoms with Crippen LogP contribution in [0.2, 0.25) is 0 Å². The van der Waals surface area contributed by atoms with E-state index in [1.165, 1.54) is 6.42 Å². The number of carbonyl (C=O) groups excluding carboxylic acids is 3. The number of aliphatic hydroxyl groups is 2. The molecule has 0 bridgehead atoms. The molecule has 3 spiro atoms. The van der Waals surface area contributed by atoms with E-state index in [1.807, 2.05) is 19.9 Å². The molecule has 0 aromatic carbocycles. The molecule has 11 fully saturated rings. The van der Waals surface area contributed by atoms with E-state index in [0.29, 0.717) is 61.8 Å². The molecule has 13 rings (SSSR count). The SMILES string of the molecule is CC1(C)O[C@H]2C3(CCCC3)C(=O)OC[C@@]23[C@@H]1C(=O)[C@@H](O)[C@]1(C2CCCCC2)[C@@H]3CC[C@@]2(C)[C@H](c3ccoc3C[C@@H]3[C@H]4C[C@H]5C=CN6CNC[C@H]6[C@@H]5C[C@@H]4CC[C@@H]3O)OC(=O)[C@H]3O[C@@]312. The molecule has 12 heteroatoms. The number of nitrogens with one attached hydrogen (secondary N) is 1. The number of Topliss-reactive ketones (excluding diaryl/α,β-unsaturated/α-hetero) is 1. The molecule has 1 aromatic rings. The lowest BCUT2D eigenvalue weighted by Crippen LogP contribution is -2.79. The molecule has 6 saturated carbocycles. The van der Waals surface area contributed by atoms with Gasteiger partial charge in [-0.05, 0) is 132 Å². The van der Waals surface area contributed by atoms with Crippen LogP contribution >= 0.6 is 0 Å². The number of nitrogens with zero attached hydrogens (tertiary/aromatic N) is 1. The number of hydrogen-bond donors (Lipinski definition) is 3. The average molecular weight is 869 g/mol. The molecule has 12 aliphatic rings. The van der Waals surface area contributed by atoms with Crippen LogP contribution in [0.15, 0.2) is 29.0 Å². The number of ether oxygens (including phenoxy) is 4. The van der Waals surface area contributed by atoms with Gasteiger partial charge in [-0.25, -0.2) is 4.79 Å². The Labute approximate surface area is 370 Å². The van der Waals surface area contributed by atoms with E-state index in [1.54, 1.807) is 6.26 Å². The number of esters is 2. The van der Waals surface area contributed by atoms with Gasteiger partial charge in [0.25, 0.3) is 0 Å².